The molecule has 2 nitrogen and oxygen atoms in total. The van der Waals surface area contributed by atoms with Gasteiger partial charge in [-0.15, -0.1) is 0 Å². The van der Waals surface area contributed by atoms with E-state index in [1.54, 1.807) is 6.07 Å². The summed E-state index contributed by atoms with van der Waals surface area (Å²) >= 11 is 5.67. The average Bonchev–Trinajstić information content (AvgIpc) is 2.40. The molecular formula is C15H21ClFNO. The van der Waals surface area contributed by atoms with Crippen LogP contribution >= 0.6 is 11.6 Å². The summed E-state index contributed by atoms with van der Waals surface area (Å²) in [5, 5.41) is 13.2. The molecule has 0 amide bonds. The van der Waals surface area contributed by atoms with Crippen molar-refractivity contribution >= 4 is 11.6 Å². The van der Waals surface area contributed by atoms with Gasteiger partial charge < -0.3 is 10.4 Å². The van der Waals surface area contributed by atoms with Gasteiger partial charge in [0, 0.05) is 12.1 Å². The van der Waals surface area contributed by atoms with Crippen LogP contribution < -0.4 is 5.32 Å². The van der Waals surface area contributed by atoms with Crippen molar-refractivity contribution in [2.45, 2.75) is 44.7 Å². The predicted molar refractivity (Wildman–Crippen MR) is 75.7 cm³/mol. The molecule has 0 bridgehead atoms. The number of aliphatic hydroxyl groups excluding tert-OH is 1. The van der Waals surface area contributed by atoms with Crippen molar-refractivity contribution in [1.82, 2.24) is 5.32 Å². The van der Waals surface area contributed by atoms with Gasteiger partial charge in [-0.1, -0.05) is 37.4 Å². The van der Waals surface area contributed by atoms with Gasteiger partial charge in [0.15, 0.2) is 0 Å². The number of rotatable bonds is 4. The van der Waals surface area contributed by atoms with Crippen molar-refractivity contribution in [1.29, 1.82) is 0 Å². The minimum Gasteiger partial charge on any atom is -0.394 e. The fourth-order valence-electron chi connectivity index (χ4n) is 2.96. The molecule has 1 aliphatic carbocycles. The molecule has 1 aromatic rings. The Morgan fingerprint density at radius 1 is 1.53 bits per heavy atom. The zero-order valence-electron chi connectivity index (χ0n) is 11.3. The number of aliphatic hydroxyl groups is 1. The van der Waals surface area contributed by atoms with Crippen LogP contribution in [0.1, 0.15) is 38.2 Å². The average molecular weight is 286 g/mol. The van der Waals surface area contributed by atoms with Crippen molar-refractivity contribution in [2.24, 2.45) is 5.92 Å². The Kier molecular flexibility index (Phi) is 4.82. The minimum absolute atomic E-state index is 0.132. The molecule has 1 aromatic carbocycles. The maximum absolute atomic E-state index is 13.4. The summed E-state index contributed by atoms with van der Waals surface area (Å²) in [6.45, 7) is 2.90. The second kappa shape index (κ2) is 6.21. The Labute approximate surface area is 119 Å². The molecule has 1 fully saturated rings. The molecule has 1 aliphatic rings. The van der Waals surface area contributed by atoms with Crippen LogP contribution in [0.3, 0.4) is 0 Å². The quantitative estimate of drug-likeness (QED) is 0.887. The number of halogens is 2. The van der Waals surface area contributed by atoms with E-state index in [4.69, 9.17) is 11.6 Å². The molecule has 2 unspecified atom stereocenters. The Balaban J connectivity index is 2.01. The smallest absolute Gasteiger partial charge is 0.142 e. The molecule has 0 aromatic heterocycles. The van der Waals surface area contributed by atoms with Crippen LogP contribution in [0, 0.1) is 11.7 Å². The van der Waals surface area contributed by atoms with Gasteiger partial charge in [0.25, 0.3) is 0 Å². The van der Waals surface area contributed by atoms with Crippen molar-refractivity contribution in [3.8, 4) is 0 Å². The lowest BCUT2D eigenvalue weighted by atomic mass is 9.77. The number of hydrogen-bond donors (Lipinski definition) is 2. The summed E-state index contributed by atoms with van der Waals surface area (Å²) in [6.07, 6.45) is 4.30. The van der Waals surface area contributed by atoms with Crippen molar-refractivity contribution in [2.75, 3.05) is 6.61 Å². The highest BCUT2D eigenvalue weighted by Crippen LogP contribution is 2.32. The lowest BCUT2D eigenvalue weighted by molar-refractivity contribution is 0.0982. The molecule has 106 valence electrons. The lowest BCUT2D eigenvalue weighted by Crippen LogP contribution is -2.51. The summed E-state index contributed by atoms with van der Waals surface area (Å²) < 4.78 is 13.4. The van der Waals surface area contributed by atoms with Crippen molar-refractivity contribution < 1.29 is 9.50 Å². The molecule has 0 spiro atoms. The van der Waals surface area contributed by atoms with E-state index in [-0.39, 0.29) is 17.2 Å². The molecule has 0 radical (unpaired) electrons. The van der Waals surface area contributed by atoms with Crippen molar-refractivity contribution in [3.05, 3.63) is 34.6 Å². The Morgan fingerprint density at radius 3 is 2.95 bits per heavy atom. The van der Waals surface area contributed by atoms with E-state index in [1.165, 1.54) is 12.5 Å². The molecule has 0 saturated heterocycles. The predicted octanol–water partition coefficient (Wildman–Crippen LogP) is 3.51. The molecule has 2 atom stereocenters. The maximum Gasteiger partial charge on any atom is 0.142 e. The summed E-state index contributed by atoms with van der Waals surface area (Å²) in [5.74, 6) is 0.228. The van der Waals surface area contributed by atoms with E-state index in [9.17, 15) is 9.50 Å². The summed E-state index contributed by atoms with van der Waals surface area (Å²) in [7, 11) is 0. The first kappa shape index (κ1) is 14.8. The van der Waals surface area contributed by atoms with Crippen LogP contribution in [0.25, 0.3) is 0 Å². The normalized spacial score (nSPS) is 27.5. The topological polar surface area (TPSA) is 32.3 Å². The maximum atomic E-state index is 13.4. The Bertz CT molecular complexity index is 440. The van der Waals surface area contributed by atoms with Gasteiger partial charge in [-0.25, -0.2) is 4.39 Å². The van der Waals surface area contributed by atoms with Crippen LogP contribution in [0.2, 0.25) is 5.02 Å². The monoisotopic (exact) mass is 285 g/mol. The van der Waals surface area contributed by atoms with Crippen LogP contribution in [-0.4, -0.2) is 17.3 Å². The SMILES string of the molecule is CC1CCCC(CO)(NCc2ccc(Cl)c(F)c2)C1. The van der Waals surface area contributed by atoms with Gasteiger partial charge in [-0.2, -0.15) is 0 Å². The van der Waals surface area contributed by atoms with E-state index in [2.05, 4.69) is 12.2 Å². The first-order valence-corrected chi connectivity index (χ1v) is 7.22. The third kappa shape index (κ3) is 3.68. The highest BCUT2D eigenvalue weighted by Gasteiger charge is 2.33. The van der Waals surface area contributed by atoms with E-state index < -0.39 is 5.82 Å². The van der Waals surface area contributed by atoms with Crippen LogP contribution in [0.4, 0.5) is 4.39 Å². The first-order valence-electron chi connectivity index (χ1n) is 6.84. The minimum atomic E-state index is -0.393. The fraction of sp³-hybridized carbons (Fsp3) is 0.600. The molecule has 19 heavy (non-hydrogen) atoms. The second-order valence-corrected chi connectivity index (χ2v) is 6.15. The standard InChI is InChI=1S/C15H21ClFNO/c1-11-3-2-6-15(8-11,10-19)18-9-12-4-5-13(16)14(17)7-12/h4-5,7,11,18-19H,2-3,6,8-10H2,1H3. The van der Waals surface area contributed by atoms with E-state index in [1.807, 2.05) is 6.07 Å². The van der Waals surface area contributed by atoms with Crippen LogP contribution in [0.5, 0.6) is 0 Å². The summed E-state index contributed by atoms with van der Waals surface area (Å²) in [4.78, 5) is 0. The van der Waals surface area contributed by atoms with E-state index in [0.717, 1.165) is 24.8 Å². The first-order chi connectivity index (χ1) is 9.04. The Hall–Kier alpha value is -0.640. The van der Waals surface area contributed by atoms with Gasteiger partial charge in [0.1, 0.15) is 5.82 Å². The second-order valence-electron chi connectivity index (χ2n) is 5.74. The van der Waals surface area contributed by atoms with E-state index in [0.29, 0.717) is 12.5 Å². The third-order valence-electron chi connectivity index (χ3n) is 4.05. The van der Waals surface area contributed by atoms with Crippen LogP contribution in [-0.2, 0) is 6.54 Å². The molecule has 4 heteroatoms. The lowest BCUT2D eigenvalue weighted by Gasteiger charge is -2.39. The highest BCUT2D eigenvalue weighted by atomic mass is 35.5. The molecule has 1 saturated carbocycles. The molecule has 2 N–H and O–H groups in total. The van der Waals surface area contributed by atoms with Gasteiger partial charge in [-0.3, -0.25) is 0 Å². The number of benzene rings is 1. The number of nitrogens with one attached hydrogen (secondary N) is 1. The van der Waals surface area contributed by atoms with Gasteiger partial charge >= 0.3 is 0 Å². The molecule has 0 aliphatic heterocycles. The molecule has 2 rings (SSSR count). The molecule has 0 heterocycles. The largest absolute Gasteiger partial charge is 0.394 e. The highest BCUT2D eigenvalue weighted by molar-refractivity contribution is 6.30. The van der Waals surface area contributed by atoms with Gasteiger partial charge in [-0.05, 0) is 36.5 Å². The fourth-order valence-corrected chi connectivity index (χ4v) is 3.08. The summed E-state index contributed by atoms with van der Waals surface area (Å²) in [6, 6.07) is 4.84. The third-order valence-corrected chi connectivity index (χ3v) is 4.35. The van der Waals surface area contributed by atoms with Crippen LogP contribution in [0.15, 0.2) is 18.2 Å². The zero-order valence-corrected chi connectivity index (χ0v) is 12.0. The van der Waals surface area contributed by atoms with Crippen molar-refractivity contribution in [3.63, 3.8) is 0 Å². The van der Waals surface area contributed by atoms with Gasteiger partial charge in [0.2, 0.25) is 0 Å². The zero-order chi connectivity index (χ0) is 13.9. The summed E-state index contributed by atoms with van der Waals surface area (Å²) in [5.41, 5.74) is 0.640. The number of hydrogen-bond acceptors (Lipinski definition) is 2. The van der Waals surface area contributed by atoms with Gasteiger partial charge in [0.05, 0.1) is 11.6 Å². The van der Waals surface area contributed by atoms with E-state index >= 15 is 0 Å². The Morgan fingerprint density at radius 2 is 2.32 bits per heavy atom. The molecular weight excluding hydrogens is 265 g/mol.